The molecule has 1 aromatic rings. The summed E-state index contributed by atoms with van der Waals surface area (Å²) in [5, 5.41) is 3.01. The van der Waals surface area contributed by atoms with Crippen LogP contribution >= 0.6 is 0 Å². The van der Waals surface area contributed by atoms with E-state index >= 15 is 0 Å². The van der Waals surface area contributed by atoms with E-state index in [1.54, 1.807) is 6.07 Å². The summed E-state index contributed by atoms with van der Waals surface area (Å²) in [6, 6.07) is 4.51. The standard InChI is InChI=1S/C21H30N2O4S/c1-22-28(25,26)19-10-17(3-4-18(19)27-2)20(24)23-6-5-21-11-14-7-15(12-21)9-16(8-14)13-21/h3-4,10,14-16,22H,5-9,11-13H2,1-2H3,(H,23,24). The van der Waals surface area contributed by atoms with Crippen LogP contribution in [-0.4, -0.2) is 35.0 Å². The Balaban J connectivity index is 1.41. The Morgan fingerprint density at radius 2 is 1.75 bits per heavy atom. The second-order valence-electron chi connectivity index (χ2n) is 9.00. The van der Waals surface area contributed by atoms with Crippen molar-refractivity contribution in [3.8, 4) is 5.75 Å². The maximum Gasteiger partial charge on any atom is 0.251 e. The number of nitrogens with one attached hydrogen (secondary N) is 2. The average molecular weight is 407 g/mol. The Labute approximate surface area is 167 Å². The van der Waals surface area contributed by atoms with E-state index in [1.165, 1.54) is 64.8 Å². The lowest BCUT2D eigenvalue weighted by Gasteiger charge is -2.57. The highest BCUT2D eigenvalue weighted by atomic mass is 32.2. The van der Waals surface area contributed by atoms with Gasteiger partial charge >= 0.3 is 0 Å². The Morgan fingerprint density at radius 3 is 2.29 bits per heavy atom. The fourth-order valence-electron chi connectivity index (χ4n) is 6.28. The summed E-state index contributed by atoms with van der Waals surface area (Å²) in [5.74, 6) is 2.69. The summed E-state index contributed by atoms with van der Waals surface area (Å²) in [6.45, 7) is 0.644. The molecule has 0 spiro atoms. The van der Waals surface area contributed by atoms with E-state index in [9.17, 15) is 13.2 Å². The van der Waals surface area contributed by atoms with Crippen molar-refractivity contribution in [1.29, 1.82) is 0 Å². The molecule has 0 heterocycles. The van der Waals surface area contributed by atoms with Crippen molar-refractivity contribution in [3.05, 3.63) is 23.8 Å². The molecule has 0 aromatic heterocycles. The van der Waals surface area contributed by atoms with Gasteiger partial charge in [0.1, 0.15) is 10.6 Å². The van der Waals surface area contributed by atoms with Gasteiger partial charge in [0.2, 0.25) is 10.0 Å². The summed E-state index contributed by atoms with van der Waals surface area (Å²) >= 11 is 0. The molecule has 28 heavy (non-hydrogen) atoms. The first kappa shape index (κ1) is 19.7. The number of sulfonamides is 1. The smallest absolute Gasteiger partial charge is 0.251 e. The van der Waals surface area contributed by atoms with Gasteiger partial charge in [-0.2, -0.15) is 0 Å². The molecule has 4 bridgehead atoms. The molecule has 154 valence electrons. The lowest BCUT2D eigenvalue weighted by atomic mass is 9.49. The Morgan fingerprint density at radius 1 is 1.14 bits per heavy atom. The molecule has 0 atom stereocenters. The summed E-state index contributed by atoms with van der Waals surface area (Å²) < 4.78 is 31.8. The molecule has 5 rings (SSSR count). The van der Waals surface area contributed by atoms with E-state index in [1.807, 2.05) is 0 Å². The first-order valence-electron chi connectivity index (χ1n) is 10.2. The predicted octanol–water partition coefficient (Wildman–Crippen LogP) is 2.94. The van der Waals surface area contributed by atoms with E-state index in [0.717, 1.165) is 24.2 Å². The van der Waals surface area contributed by atoms with Crippen molar-refractivity contribution < 1.29 is 17.9 Å². The average Bonchev–Trinajstić information content (AvgIpc) is 2.66. The third-order valence-corrected chi connectivity index (χ3v) is 8.53. The summed E-state index contributed by atoms with van der Waals surface area (Å²) in [6.07, 6.45) is 9.24. The number of carbonyl (C=O) groups excluding carboxylic acids is 1. The Bertz CT molecular complexity index is 830. The lowest BCUT2D eigenvalue weighted by Crippen LogP contribution is -2.47. The highest BCUT2D eigenvalue weighted by Crippen LogP contribution is 2.61. The number of benzene rings is 1. The molecule has 4 saturated carbocycles. The van der Waals surface area contributed by atoms with E-state index in [2.05, 4.69) is 10.0 Å². The third kappa shape index (κ3) is 3.66. The quantitative estimate of drug-likeness (QED) is 0.729. The minimum atomic E-state index is -3.70. The highest BCUT2D eigenvalue weighted by Gasteiger charge is 2.50. The van der Waals surface area contributed by atoms with Gasteiger partial charge in [-0.25, -0.2) is 13.1 Å². The second-order valence-corrected chi connectivity index (χ2v) is 10.9. The van der Waals surface area contributed by atoms with E-state index < -0.39 is 10.0 Å². The van der Waals surface area contributed by atoms with Gasteiger partial charge in [0.25, 0.3) is 5.91 Å². The van der Waals surface area contributed by atoms with Gasteiger partial charge in [0.05, 0.1) is 7.11 Å². The monoisotopic (exact) mass is 406 g/mol. The Hall–Kier alpha value is -1.60. The molecular formula is C21H30N2O4S. The number of rotatable bonds is 7. The SMILES string of the molecule is CNS(=O)(=O)c1cc(C(=O)NCCC23CC4CC(CC(C4)C2)C3)ccc1OC. The molecule has 0 saturated heterocycles. The maximum atomic E-state index is 12.6. The number of carbonyl (C=O) groups is 1. The molecule has 2 N–H and O–H groups in total. The number of amides is 1. The minimum Gasteiger partial charge on any atom is -0.495 e. The van der Waals surface area contributed by atoms with Gasteiger partial charge in [-0.1, -0.05) is 0 Å². The summed E-state index contributed by atoms with van der Waals surface area (Å²) in [5.41, 5.74) is 0.753. The number of hydrogen-bond acceptors (Lipinski definition) is 4. The molecule has 0 unspecified atom stereocenters. The van der Waals surface area contributed by atoms with Gasteiger partial charge in [-0.3, -0.25) is 4.79 Å². The van der Waals surface area contributed by atoms with Crippen LogP contribution in [0.4, 0.5) is 0 Å². The molecule has 6 nitrogen and oxygen atoms in total. The van der Waals surface area contributed by atoms with E-state index in [4.69, 9.17) is 4.74 Å². The van der Waals surface area contributed by atoms with Crippen molar-refractivity contribution in [1.82, 2.24) is 10.0 Å². The van der Waals surface area contributed by atoms with Crippen LogP contribution < -0.4 is 14.8 Å². The van der Waals surface area contributed by atoms with Crippen LogP contribution in [0.3, 0.4) is 0 Å². The first-order valence-corrected chi connectivity index (χ1v) is 11.7. The lowest BCUT2D eigenvalue weighted by molar-refractivity contribution is -0.0564. The Kier molecular flexibility index (Phi) is 5.16. The van der Waals surface area contributed by atoms with Crippen LogP contribution in [0, 0.1) is 23.2 Å². The van der Waals surface area contributed by atoms with Gasteiger partial charge in [0.15, 0.2) is 0 Å². The molecule has 0 aliphatic heterocycles. The fourth-order valence-corrected chi connectivity index (χ4v) is 7.20. The zero-order chi connectivity index (χ0) is 19.9. The first-order chi connectivity index (χ1) is 13.3. The molecule has 1 aromatic carbocycles. The van der Waals surface area contributed by atoms with Crippen molar-refractivity contribution in [3.63, 3.8) is 0 Å². The predicted molar refractivity (Wildman–Crippen MR) is 107 cm³/mol. The molecule has 7 heteroatoms. The van der Waals surface area contributed by atoms with Gasteiger partial charge in [0, 0.05) is 12.1 Å². The number of hydrogen-bond donors (Lipinski definition) is 2. The maximum absolute atomic E-state index is 12.6. The van der Waals surface area contributed by atoms with Crippen LogP contribution in [0.25, 0.3) is 0 Å². The van der Waals surface area contributed by atoms with Crippen molar-refractivity contribution in [2.45, 2.75) is 49.8 Å². The zero-order valence-corrected chi connectivity index (χ0v) is 17.5. The number of ether oxygens (including phenoxy) is 1. The van der Waals surface area contributed by atoms with Crippen LogP contribution in [0.1, 0.15) is 55.3 Å². The van der Waals surface area contributed by atoms with Crippen LogP contribution in [0.15, 0.2) is 23.1 Å². The van der Waals surface area contributed by atoms with Gasteiger partial charge in [-0.15, -0.1) is 0 Å². The molecule has 1 amide bonds. The minimum absolute atomic E-state index is 0.0220. The third-order valence-electron chi connectivity index (χ3n) is 7.09. The van der Waals surface area contributed by atoms with Crippen molar-refractivity contribution in [2.75, 3.05) is 20.7 Å². The fraction of sp³-hybridized carbons (Fsp3) is 0.667. The van der Waals surface area contributed by atoms with Crippen LogP contribution in [-0.2, 0) is 10.0 Å². The summed E-state index contributed by atoms with van der Waals surface area (Å²) in [4.78, 5) is 12.6. The molecule has 4 fully saturated rings. The van der Waals surface area contributed by atoms with Gasteiger partial charge < -0.3 is 10.1 Å². The van der Waals surface area contributed by atoms with Crippen LogP contribution in [0.5, 0.6) is 5.75 Å². The topological polar surface area (TPSA) is 84.5 Å². The van der Waals surface area contributed by atoms with Crippen molar-refractivity contribution >= 4 is 15.9 Å². The normalized spacial score (nSPS) is 31.0. The van der Waals surface area contributed by atoms with E-state index in [0.29, 0.717) is 17.5 Å². The summed E-state index contributed by atoms with van der Waals surface area (Å²) in [7, 11) is -0.951. The van der Waals surface area contributed by atoms with Gasteiger partial charge in [-0.05, 0) is 93.4 Å². The van der Waals surface area contributed by atoms with Crippen molar-refractivity contribution in [2.24, 2.45) is 23.2 Å². The van der Waals surface area contributed by atoms with E-state index in [-0.39, 0.29) is 16.6 Å². The number of methoxy groups -OCH3 is 1. The van der Waals surface area contributed by atoms with Crippen LogP contribution in [0.2, 0.25) is 0 Å². The molecule has 0 radical (unpaired) electrons. The molecule has 4 aliphatic carbocycles. The highest BCUT2D eigenvalue weighted by molar-refractivity contribution is 7.89. The second kappa shape index (κ2) is 7.34. The largest absolute Gasteiger partial charge is 0.495 e. The zero-order valence-electron chi connectivity index (χ0n) is 16.7. The molecule has 4 aliphatic rings. The molecular weight excluding hydrogens is 376 g/mol.